The second kappa shape index (κ2) is 6.44. The van der Waals surface area contributed by atoms with Crippen molar-refractivity contribution in [2.75, 3.05) is 24.3 Å². The standard InChI is InChI=1S/C16H17N7O2/c1-17-15-6-13-20-14-5-10(7-18-22-14)9-25-4-2-3-12(24)11-8-19-23(15)16(11)21-13/h5-8,17H,2-4,9H2,1H3,(H,20,21,22). The number of anilines is 3. The monoisotopic (exact) mass is 339 g/mol. The molecule has 0 aliphatic carbocycles. The van der Waals surface area contributed by atoms with Crippen LogP contribution < -0.4 is 10.6 Å². The number of hydrogen-bond donors (Lipinski definition) is 2. The number of fused-ring (bicyclic) bond motifs is 3. The van der Waals surface area contributed by atoms with Gasteiger partial charge in [-0.3, -0.25) is 4.79 Å². The molecule has 1 aliphatic heterocycles. The lowest BCUT2D eigenvalue weighted by Gasteiger charge is -2.11. The number of carbonyl (C=O) groups excluding carboxylic acids is 1. The van der Waals surface area contributed by atoms with Crippen LogP contribution in [0.5, 0.6) is 0 Å². The predicted octanol–water partition coefficient (Wildman–Crippen LogP) is 1.80. The summed E-state index contributed by atoms with van der Waals surface area (Å²) in [6, 6.07) is 3.66. The molecule has 0 fully saturated rings. The van der Waals surface area contributed by atoms with E-state index in [4.69, 9.17) is 4.74 Å². The van der Waals surface area contributed by atoms with E-state index in [-0.39, 0.29) is 5.78 Å². The molecule has 0 radical (unpaired) electrons. The zero-order chi connectivity index (χ0) is 17.2. The van der Waals surface area contributed by atoms with Crippen molar-refractivity contribution in [3.63, 3.8) is 0 Å². The molecular weight excluding hydrogens is 322 g/mol. The van der Waals surface area contributed by atoms with E-state index in [2.05, 4.69) is 30.9 Å². The summed E-state index contributed by atoms with van der Waals surface area (Å²) in [7, 11) is 1.79. The normalized spacial score (nSPS) is 15.0. The van der Waals surface area contributed by atoms with Crippen LogP contribution in [0.1, 0.15) is 28.8 Å². The number of ketones is 1. The fourth-order valence-corrected chi connectivity index (χ4v) is 2.74. The van der Waals surface area contributed by atoms with Gasteiger partial charge in [-0.2, -0.15) is 14.7 Å². The number of carbonyl (C=O) groups is 1. The Hall–Kier alpha value is -3.07. The van der Waals surface area contributed by atoms with Crippen LogP contribution in [0.4, 0.5) is 17.5 Å². The molecular formula is C16H17N7O2. The maximum Gasteiger partial charge on any atom is 0.170 e. The van der Waals surface area contributed by atoms with Crippen molar-refractivity contribution in [1.82, 2.24) is 24.8 Å². The number of ether oxygens (including phenoxy) is 1. The maximum atomic E-state index is 12.5. The minimum atomic E-state index is 0.000625. The Labute approximate surface area is 143 Å². The molecule has 0 spiro atoms. The Morgan fingerprint density at radius 3 is 3.08 bits per heavy atom. The molecule has 0 atom stereocenters. The van der Waals surface area contributed by atoms with E-state index in [1.165, 1.54) is 0 Å². The van der Waals surface area contributed by atoms with Crippen LogP contribution >= 0.6 is 0 Å². The van der Waals surface area contributed by atoms with Crippen LogP contribution in [-0.2, 0) is 11.3 Å². The Bertz CT molecular complexity index is 937. The first-order valence-corrected chi connectivity index (χ1v) is 8.01. The fourth-order valence-electron chi connectivity index (χ4n) is 2.74. The number of aromatic nitrogens is 5. The lowest BCUT2D eigenvalue weighted by atomic mass is 10.1. The van der Waals surface area contributed by atoms with Crippen LogP contribution in [0.25, 0.3) is 5.65 Å². The second-order valence-electron chi connectivity index (χ2n) is 5.72. The van der Waals surface area contributed by atoms with Crippen molar-refractivity contribution < 1.29 is 9.53 Å². The molecule has 0 aromatic carbocycles. The van der Waals surface area contributed by atoms with Gasteiger partial charge in [0.1, 0.15) is 11.6 Å². The van der Waals surface area contributed by atoms with Gasteiger partial charge in [-0.15, -0.1) is 5.10 Å². The molecule has 3 aromatic rings. The Morgan fingerprint density at radius 1 is 1.28 bits per heavy atom. The lowest BCUT2D eigenvalue weighted by Crippen LogP contribution is -2.08. The summed E-state index contributed by atoms with van der Waals surface area (Å²) in [6.07, 6.45) is 4.24. The van der Waals surface area contributed by atoms with Gasteiger partial charge < -0.3 is 15.4 Å². The highest BCUT2D eigenvalue weighted by atomic mass is 16.5. The van der Waals surface area contributed by atoms with E-state index in [9.17, 15) is 4.79 Å². The number of Topliss-reactive ketones (excluding diaryl/α,β-unsaturated/α-hetero) is 1. The predicted molar refractivity (Wildman–Crippen MR) is 91.1 cm³/mol. The molecule has 0 unspecified atom stereocenters. The molecule has 128 valence electrons. The van der Waals surface area contributed by atoms with Gasteiger partial charge in [0.15, 0.2) is 17.2 Å². The van der Waals surface area contributed by atoms with Gasteiger partial charge >= 0.3 is 0 Å². The summed E-state index contributed by atoms with van der Waals surface area (Å²) < 4.78 is 7.23. The summed E-state index contributed by atoms with van der Waals surface area (Å²) in [5, 5.41) is 18.5. The fraction of sp³-hybridized carbons (Fsp3) is 0.312. The van der Waals surface area contributed by atoms with Gasteiger partial charge in [-0.25, -0.2) is 4.98 Å². The highest BCUT2D eigenvalue weighted by Crippen LogP contribution is 2.22. The van der Waals surface area contributed by atoms with Crippen molar-refractivity contribution >= 4 is 28.9 Å². The molecule has 25 heavy (non-hydrogen) atoms. The summed E-state index contributed by atoms with van der Waals surface area (Å²) in [6.45, 7) is 0.919. The summed E-state index contributed by atoms with van der Waals surface area (Å²) in [5.41, 5.74) is 1.90. The molecule has 0 saturated heterocycles. The third-order valence-corrected chi connectivity index (χ3v) is 3.96. The first-order chi connectivity index (χ1) is 12.2. The second-order valence-corrected chi connectivity index (χ2v) is 5.72. The van der Waals surface area contributed by atoms with Crippen LogP contribution in [0.2, 0.25) is 0 Å². The highest BCUT2D eigenvalue weighted by Gasteiger charge is 2.17. The third-order valence-electron chi connectivity index (χ3n) is 3.96. The number of nitrogens with zero attached hydrogens (tertiary/aromatic N) is 5. The van der Waals surface area contributed by atoms with Gasteiger partial charge in [0, 0.05) is 31.7 Å². The van der Waals surface area contributed by atoms with E-state index < -0.39 is 0 Å². The van der Waals surface area contributed by atoms with Crippen LogP contribution in [0.3, 0.4) is 0 Å². The van der Waals surface area contributed by atoms with E-state index in [0.717, 1.165) is 5.56 Å². The molecule has 0 saturated carbocycles. The molecule has 0 amide bonds. The van der Waals surface area contributed by atoms with Crippen molar-refractivity contribution in [2.24, 2.45) is 0 Å². The van der Waals surface area contributed by atoms with Gasteiger partial charge in [0.25, 0.3) is 0 Å². The van der Waals surface area contributed by atoms with E-state index in [0.29, 0.717) is 54.7 Å². The molecule has 3 aromatic heterocycles. The molecule has 2 N–H and O–H groups in total. The molecule has 1 aliphatic rings. The zero-order valence-electron chi connectivity index (χ0n) is 13.7. The van der Waals surface area contributed by atoms with E-state index in [1.807, 2.05) is 6.07 Å². The Kier molecular flexibility index (Phi) is 3.98. The Balaban J connectivity index is 1.85. The molecule has 9 nitrogen and oxygen atoms in total. The van der Waals surface area contributed by atoms with Crippen molar-refractivity contribution in [2.45, 2.75) is 19.4 Å². The lowest BCUT2D eigenvalue weighted by molar-refractivity contribution is 0.0920. The number of nitrogens with one attached hydrogen (secondary N) is 2. The number of hydrogen-bond acceptors (Lipinski definition) is 8. The minimum absolute atomic E-state index is 0.000625. The van der Waals surface area contributed by atoms with Gasteiger partial charge in [-0.1, -0.05) is 0 Å². The summed E-state index contributed by atoms with van der Waals surface area (Å²) in [4.78, 5) is 17.1. The molecule has 4 rings (SSSR count). The topological polar surface area (TPSA) is 106 Å². The largest absolute Gasteiger partial charge is 0.377 e. The summed E-state index contributed by atoms with van der Waals surface area (Å²) in [5.74, 6) is 1.83. The SMILES string of the molecule is CNc1cc2nc3c(cnn13)C(=O)CCCOCc1cnnc(c1)N2. The Morgan fingerprint density at radius 2 is 2.20 bits per heavy atom. The highest BCUT2D eigenvalue weighted by molar-refractivity contribution is 6.01. The minimum Gasteiger partial charge on any atom is -0.377 e. The quantitative estimate of drug-likeness (QED) is 0.691. The van der Waals surface area contributed by atoms with E-state index >= 15 is 0 Å². The van der Waals surface area contributed by atoms with E-state index in [1.54, 1.807) is 30.0 Å². The zero-order valence-corrected chi connectivity index (χ0v) is 13.7. The molecule has 4 heterocycles. The van der Waals surface area contributed by atoms with Crippen molar-refractivity contribution in [1.29, 1.82) is 0 Å². The van der Waals surface area contributed by atoms with Crippen molar-refractivity contribution in [3.05, 3.63) is 35.7 Å². The first kappa shape index (κ1) is 15.5. The average Bonchev–Trinajstić information content (AvgIpc) is 3.04. The van der Waals surface area contributed by atoms with Crippen LogP contribution in [-0.4, -0.2) is 44.2 Å². The van der Waals surface area contributed by atoms with Crippen molar-refractivity contribution in [3.8, 4) is 0 Å². The van der Waals surface area contributed by atoms with Gasteiger partial charge in [0.2, 0.25) is 0 Å². The van der Waals surface area contributed by atoms with Crippen LogP contribution in [0, 0.1) is 0 Å². The number of rotatable bonds is 1. The third kappa shape index (κ3) is 3.01. The first-order valence-electron chi connectivity index (χ1n) is 8.01. The average molecular weight is 339 g/mol. The van der Waals surface area contributed by atoms with Gasteiger partial charge in [-0.05, 0) is 12.5 Å². The summed E-state index contributed by atoms with van der Waals surface area (Å²) >= 11 is 0. The van der Waals surface area contributed by atoms with Crippen LogP contribution in [0.15, 0.2) is 24.5 Å². The maximum absolute atomic E-state index is 12.5. The smallest absolute Gasteiger partial charge is 0.170 e. The molecule has 9 heteroatoms. The molecule has 4 bridgehead atoms. The van der Waals surface area contributed by atoms with Gasteiger partial charge in [0.05, 0.1) is 24.6 Å².